The number of phenolic OH excluding ortho intramolecular Hbond substituents is 1. The van der Waals surface area contributed by atoms with Gasteiger partial charge in [-0.15, -0.1) is 10.2 Å². The van der Waals surface area contributed by atoms with Crippen molar-refractivity contribution < 1.29 is 39.2 Å². The maximum Gasteiger partial charge on any atom is 0.336 e. The Kier molecular flexibility index (Phi) is 13.1. The first-order valence-corrected chi connectivity index (χ1v) is 22.5. The number of aliphatic hydroxyl groups is 2. The number of nitrogens with one attached hydrogen (secondary N) is 1. The highest BCUT2D eigenvalue weighted by Crippen LogP contribution is 2.42. The molecule has 5 N–H and O–H groups in total. The number of piperazine rings is 2. The first-order chi connectivity index (χ1) is 33.3. The van der Waals surface area contributed by atoms with Gasteiger partial charge in [0.05, 0.1) is 17.0 Å². The monoisotopic (exact) mass is 942 g/mol. The van der Waals surface area contributed by atoms with Crippen LogP contribution in [-0.4, -0.2) is 159 Å². The van der Waals surface area contributed by atoms with Crippen LogP contribution in [0.2, 0.25) is 0 Å². The summed E-state index contributed by atoms with van der Waals surface area (Å²) in [6, 6.07) is 13.0. The van der Waals surface area contributed by atoms with Gasteiger partial charge in [0.15, 0.2) is 5.43 Å². The van der Waals surface area contributed by atoms with Crippen LogP contribution in [0, 0.1) is 5.92 Å². The number of hydrogen-bond acceptors (Lipinski definition) is 18. The summed E-state index contributed by atoms with van der Waals surface area (Å²) in [5.74, 6) is -0.649. The minimum atomic E-state index is -1.23. The molecule has 358 valence electrons. The summed E-state index contributed by atoms with van der Waals surface area (Å²) in [5.41, 5.74) is 2.75. The van der Waals surface area contributed by atoms with Gasteiger partial charge in [0.2, 0.25) is 29.7 Å². The SMILES string of the molecule is CC(C)[C@@H](C(=O)N1CCN(c2nc(Nc3ccc(-c4c5ccc(=O)cc-5oc5cc(O)ccc45)c(C(=O)O)c3)nc(N3CCN(C(=O)Cn4cc(CCO)nn4)CC3)n2)CC1)n1cc(CCO)nn1. The van der Waals surface area contributed by atoms with Crippen molar-refractivity contribution in [2.24, 2.45) is 5.92 Å². The highest BCUT2D eigenvalue weighted by molar-refractivity contribution is 6.08. The molecule has 5 aromatic rings. The largest absolute Gasteiger partial charge is 0.508 e. The van der Waals surface area contributed by atoms with Gasteiger partial charge in [0.1, 0.15) is 29.7 Å². The summed E-state index contributed by atoms with van der Waals surface area (Å²) in [6.45, 7) is 6.69. The Labute approximate surface area is 393 Å². The van der Waals surface area contributed by atoms with Gasteiger partial charge in [-0.2, -0.15) is 15.0 Å². The third-order valence-electron chi connectivity index (χ3n) is 12.2. The van der Waals surface area contributed by atoms with Crippen molar-refractivity contribution in [3.63, 3.8) is 0 Å². The molecule has 0 radical (unpaired) electrons. The van der Waals surface area contributed by atoms with Crippen molar-refractivity contribution in [3.05, 3.63) is 94.2 Å². The molecule has 6 heterocycles. The van der Waals surface area contributed by atoms with Crippen molar-refractivity contribution in [1.29, 1.82) is 0 Å². The van der Waals surface area contributed by atoms with E-state index in [0.717, 1.165) is 0 Å². The van der Waals surface area contributed by atoms with Crippen LogP contribution in [0.3, 0.4) is 0 Å². The number of fused-ring (bicyclic) bond motifs is 2. The van der Waals surface area contributed by atoms with Crippen LogP contribution in [-0.2, 0) is 29.0 Å². The van der Waals surface area contributed by atoms with Crippen LogP contribution in [0.1, 0.15) is 41.6 Å². The van der Waals surface area contributed by atoms with Gasteiger partial charge in [0.25, 0.3) is 0 Å². The molecule has 0 bridgehead atoms. The van der Waals surface area contributed by atoms with Crippen LogP contribution in [0.5, 0.6) is 5.75 Å². The van der Waals surface area contributed by atoms with E-state index in [9.17, 15) is 39.6 Å². The van der Waals surface area contributed by atoms with E-state index in [4.69, 9.17) is 19.4 Å². The summed E-state index contributed by atoms with van der Waals surface area (Å²) in [4.78, 5) is 74.7. The maximum absolute atomic E-state index is 14.0. The Morgan fingerprint density at radius 3 is 2.07 bits per heavy atom. The molecular formula is C46H50N14O9. The molecule has 2 fully saturated rings. The van der Waals surface area contributed by atoms with E-state index in [1.54, 1.807) is 51.1 Å². The predicted octanol–water partition coefficient (Wildman–Crippen LogP) is 2.04. The zero-order valence-electron chi connectivity index (χ0n) is 37.8. The van der Waals surface area contributed by atoms with Gasteiger partial charge < -0.3 is 49.8 Å². The molecule has 0 saturated carbocycles. The minimum Gasteiger partial charge on any atom is -0.508 e. The maximum atomic E-state index is 14.0. The number of amides is 2. The van der Waals surface area contributed by atoms with Crippen molar-refractivity contribution in [2.75, 3.05) is 80.7 Å². The van der Waals surface area contributed by atoms with Gasteiger partial charge in [-0.3, -0.25) is 14.4 Å². The third kappa shape index (κ3) is 9.85. The van der Waals surface area contributed by atoms with Crippen molar-refractivity contribution >= 4 is 52.3 Å². The molecule has 2 saturated heterocycles. The second-order valence-corrected chi connectivity index (χ2v) is 17.2. The van der Waals surface area contributed by atoms with Crippen LogP contribution in [0.25, 0.3) is 33.4 Å². The minimum absolute atomic E-state index is 0.00772. The molecule has 23 nitrogen and oxygen atoms in total. The zero-order chi connectivity index (χ0) is 48.3. The molecule has 69 heavy (non-hydrogen) atoms. The van der Waals surface area contributed by atoms with Crippen molar-refractivity contribution in [3.8, 4) is 28.2 Å². The van der Waals surface area contributed by atoms with Crippen LogP contribution < -0.4 is 20.5 Å². The lowest BCUT2D eigenvalue weighted by Gasteiger charge is -2.38. The highest BCUT2D eigenvalue weighted by atomic mass is 16.4. The smallest absolute Gasteiger partial charge is 0.336 e. The molecule has 2 aromatic carbocycles. The lowest BCUT2D eigenvalue weighted by Crippen LogP contribution is -2.52. The number of carboxylic acids is 1. The topological polar surface area (TPSA) is 287 Å². The normalized spacial score (nSPS) is 14.8. The predicted molar refractivity (Wildman–Crippen MR) is 249 cm³/mol. The Morgan fingerprint density at radius 1 is 0.754 bits per heavy atom. The molecular weight excluding hydrogens is 893 g/mol. The highest BCUT2D eigenvalue weighted by Gasteiger charge is 2.33. The van der Waals surface area contributed by atoms with E-state index in [1.807, 2.05) is 23.6 Å². The number of carboxylic acid groups (broad SMARTS) is 1. The Morgan fingerprint density at radius 2 is 1.41 bits per heavy atom. The molecule has 3 aliphatic heterocycles. The van der Waals surface area contributed by atoms with E-state index >= 15 is 0 Å². The lowest BCUT2D eigenvalue weighted by molar-refractivity contribution is -0.137. The molecule has 3 aromatic heterocycles. The first kappa shape index (κ1) is 46.1. The number of carbonyl (C=O) groups is 3. The second-order valence-electron chi connectivity index (χ2n) is 17.2. The molecule has 9 rings (SSSR count). The Bertz CT molecular complexity index is 3050. The van der Waals surface area contributed by atoms with E-state index in [0.29, 0.717) is 116 Å². The average Bonchev–Trinajstić information content (AvgIpc) is 3.99. The number of phenols is 1. The molecule has 1 atom stereocenters. The molecule has 1 aliphatic carbocycles. The number of aromatic nitrogens is 9. The van der Waals surface area contributed by atoms with Gasteiger partial charge in [0, 0.05) is 125 Å². The molecule has 23 heteroatoms. The number of benzene rings is 3. The standard InChI is InChI=1S/C46H50N14O9/c1-27(2)41(60-25-30(10-20-62)52-54-60)42(66)56-13-17-58(18-14-56)46-49-44(48-45(50-46)57-15-11-55(12-16-57)39(65)26-59-24-29(9-19-61)51-53-59)47-28-3-6-33(36(21-28)43(67)68)40-34-7-4-31(63)22-37(34)69-38-23-32(64)5-8-35(38)40/h3-8,21-25,27,41,61-63H,9-20,26H2,1-2H3,(H,67,68)(H,47,48,49,50)/t41-/m0/s1. The lowest BCUT2D eigenvalue weighted by atomic mass is 9.90. The number of anilines is 4. The van der Waals surface area contributed by atoms with Crippen LogP contribution in [0.4, 0.5) is 23.5 Å². The Hall–Kier alpha value is -8.05. The summed E-state index contributed by atoms with van der Waals surface area (Å²) in [6.07, 6.45) is 4.01. The number of aromatic carboxylic acids is 1. The fraction of sp³-hybridized carbons (Fsp3) is 0.370. The van der Waals surface area contributed by atoms with Gasteiger partial charge in [-0.05, 0) is 47.9 Å². The number of nitrogens with zero attached hydrogens (tertiary/aromatic N) is 13. The van der Waals surface area contributed by atoms with Crippen molar-refractivity contribution in [2.45, 2.75) is 39.3 Å². The molecule has 4 aliphatic rings. The van der Waals surface area contributed by atoms with Crippen molar-refractivity contribution in [1.82, 2.24) is 54.7 Å². The van der Waals surface area contributed by atoms with E-state index in [1.165, 1.54) is 35.0 Å². The first-order valence-electron chi connectivity index (χ1n) is 22.5. The van der Waals surface area contributed by atoms with Crippen LogP contribution >= 0.6 is 0 Å². The number of hydrogen-bond donors (Lipinski definition) is 5. The summed E-state index contributed by atoms with van der Waals surface area (Å²) in [5, 5.41) is 59.7. The fourth-order valence-corrected chi connectivity index (χ4v) is 8.72. The summed E-state index contributed by atoms with van der Waals surface area (Å²) < 4.78 is 9.01. The number of rotatable bonds is 15. The van der Waals surface area contributed by atoms with Gasteiger partial charge >= 0.3 is 5.97 Å². The molecule has 0 unspecified atom stereocenters. The summed E-state index contributed by atoms with van der Waals surface area (Å²) >= 11 is 0. The van der Waals surface area contributed by atoms with Crippen LogP contribution in [0.15, 0.2) is 76.2 Å². The number of carbonyl (C=O) groups excluding carboxylic acids is 2. The zero-order valence-corrected chi connectivity index (χ0v) is 37.8. The van der Waals surface area contributed by atoms with E-state index in [2.05, 4.69) is 25.9 Å². The Balaban J connectivity index is 0.997. The van der Waals surface area contributed by atoms with E-state index in [-0.39, 0.29) is 71.5 Å². The van der Waals surface area contributed by atoms with Gasteiger partial charge in [-0.1, -0.05) is 30.3 Å². The number of aromatic hydroxyl groups is 1. The molecule has 2 amide bonds. The number of aliphatic hydroxyl groups excluding tert-OH is 2. The molecule has 0 spiro atoms. The second kappa shape index (κ2) is 19.7. The fourth-order valence-electron chi connectivity index (χ4n) is 8.72. The quantitative estimate of drug-likeness (QED) is 0.0919. The van der Waals surface area contributed by atoms with Gasteiger partial charge in [-0.25, -0.2) is 14.2 Å². The van der Waals surface area contributed by atoms with E-state index < -0.39 is 12.0 Å². The average molecular weight is 943 g/mol. The third-order valence-corrected chi connectivity index (χ3v) is 12.2. The summed E-state index contributed by atoms with van der Waals surface area (Å²) in [7, 11) is 0.